The second kappa shape index (κ2) is 7.80. The van der Waals surface area contributed by atoms with Gasteiger partial charge in [0.2, 0.25) is 5.91 Å². The minimum Gasteiger partial charge on any atom is -0.322 e. The molecular weight excluding hydrogens is 287 g/mol. The van der Waals surface area contributed by atoms with E-state index in [0.29, 0.717) is 0 Å². The molecule has 1 aliphatic heterocycles. The second-order valence-corrected chi connectivity index (χ2v) is 6.30. The molecule has 1 heterocycles. The third kappa shape index (κ3) is 3.98. The van der Waals surface area contributed by atoms with Gasteiger partial charge in [-0.2, -0.15) is 11.8 Å². The predicted octanol–water partition coefficient (Wildman–Crippen LogP) is 3.18. The third-order valence-electron chi connectivity index (χ3n) is 3.84. The van der Waals surface area contributed by atoms with Gasteiger partial charge in [0.05, 0.1) is 6.04 Å². The van der Waals surface area contributed by atoms with Crippen LogP contribution in [-0.2, 0) is 4.79 Å². The van der Waals surface area contributed by atoms with Crippen molar-refractivity contribution in [2.45, 2.75) is 38.4 Å². The Hall–Kier alpha value is -1.07. The van der Waals surface area contributed by atoms with E-state index in [1.165, 1.54) is 12.1 Å². The molecule has 2 unspecified atom stereocenters. The molecule has 2 rings (SSSR count). The molecule has 1 aromatic rings. The zero-order valence-corrected chi connectivity index (χ0v) is 13.5. The first-order chi connectivity index (χ1) is 10.2. The van der Waals surface area contributed by atoms with Crippen molar-refractivity contribution in [3.63, 3.8) is 0 Å². The molecule has 0 radical (unpaired) electrons. The van der Waals surface area contributed by atoms with Gasteiger partial charge in [0, 0.05) is 6.54 Å². The predicted molar refractivity (Wildman–Crippen MR) is 85.7 cm³/mol. The standard InChI is InChI=1S/C16H23FN2OS/c1-3-14-16(20)19(10-4-5-11-21-2)15(18-14)12-6-8-13(17)9-7-12/h6-9,14-15,18H,3-5,10-11H2,1-2H3. The van der Waals surface area contributed by atoms with E-state index >= 15 is 0 Å². The molecule has 1 fully saturated rings. The molecule has 1 amide bonds. The number of benzene rings is 1. The van der Waals surface area contributed by atoms with Crippen LogP contribution in [0.2, 0.25) is 0 Å². The number of rotatable bonds is 7. The minimum absolute atomic E-state index is 0.124. The summed E-state index contributed by atoms with van der Waals surface area (Å²) in [5.41, 5.74) is 0.950. The van der Waals surface area contributed by atoms with Crippen molar-refractivity contribution in [3.8, 4) is 0 Å². The zero-order valence-electron chi connectivity index (χ0n) is 12.6. The average Bonchev–Trinajstić information content (AvgIpc) is 2.81. The summed E-state index contributed by atoms with van der Waals surface area (Å²) in [6, 6.07) is 6.29. The number of amides is 1. The van der Waals surface area contributed by atoms with E-state index in [1.807, 2.05) is 23.6 Å². The Morgan fingerprint density at radius 1 is 1.29 bits per heavy atom. The Bertz CT molecular complexity index is 466. The summed E-state index contributed by atoms with van der Waals surface area (Å²) in [6.45, 7) is 2.76. The van der Waals surface area contributed by atoms with Gasteiger partial charge in [-0.25, -0.2) is 4.39 Å². The minimum atomic E-state index is -0.248. The smallest absolute Gasteiger partial charge is 0.241 e. The van der Waals surface area contributed by atoms with Crippen LogP contribution in [0.4, 0.5) is 4.39 Å². The highest BCUT2D eigenvalue weighted by Crippen LogP contribution is 2.27. The van der Waals surface area contributed by atoms with Crippen LogP contribution in [-0.4, -0.2) is 35.4 Å². The van der Waals surface area contributed by atoms with Gasteiger partial charge in [0.15, 0.2) is 0 Å². The lowest BCUT2D eigenvalue weighted by atomic mass is 10.1. The van der Waals surface area contributed by atoms with Crippen LogP contribution in [0.1, 0.15) is 37.9 Å². The molecule has 1 saturated heterocycles. The van der Waals surface area contributed by atoms with Gasteiger partial charge in [-0.15, -0.1) is 0 Å². The maximum absolute atomic E-state index is 13.1. The molecule has 1 N–H and O–H groups in total. The van der Waals surface area contributed by atoms with Gasteiger partial charge in [0.1, 0.15) is 12.0 Å². The van der Waals surface area contributed by atoms with E-state index in [4.69, 9.17) is 0 Å². The fraction of sp³-hybridized carbons (Fsp3) is 0.562. The SMILES string of the molecule is CCC1NC(c2ccc(F)cc2)N(CCCCSC)C1=O. The molecule has 3 nitrogen and oxygen atoms in total. The normalized spacial score (nSPS) is 22.0. The number of halogens is 1. The van der Waals surface area contributed by atoms with E-state index < -0.39 is 0 Å². The summed E-state index contributed by atoms with van der Waals surface area (Å²) in [7, 11) is 0. The molecule has 0 aliphatic carbocycles. The first kappa shape index (κ1) is 16.3. The zero-order chi connectivity index (χ0) is 15.2. The number of nitrogens with one attached hydrogen (secondary N) is 1. The van der Waals surface area contributed by atoms with Gasteiger partial charge in [-0.3, -0.25) is 10.1 Å². The van der Waals surface area contributed by atoms with Gasteiger partial charge in [-0.1, -0.05) is 19.1 Å². The van der Waals surface area contributed by atoms with Crippen LogP contribution in [0.3, 0.4) is 0 Å². The number of unbranched alkanes of at least 4 members (excludes halogenated alkanes) is 1. The second-order valence-electron chi connectivity index (χ2n) is 5.31. The fourth-order valence-electron chi connectivity index (χ4n) is 2.66. The van der Waals surface area contributed by atoms with Crippen LogP contribution in [0.5, 0.6) is 0 Å². The lowest BCUT2D eigenvalue weighted by Crippen LogP contribution is -2.32. The Morgan fingerprint density at radius 2 is 2.00 bits per heavy atom. The molecule has 0 aromatic heterocycles. The Kier molecular flexibility index (Phi) is 6.06. The highest BCUT2D eigenvalue weighted by atomic mass is 32.2. The van der Waals surface area contributed by atoms with Crippen LogP contribution in [0.25, 0.3) is 0 Å². The molecular formula is C16H23FN2OS. The quantitative estimate of drug-likeness (QED) is 0.785. The summed E-state index contributed by atoms with van der Waals surface area (Å²) >= 11 is 1.83. The molecule has 2 atom stereocenters. The van der Waals surface area contributed by atoms with E-state index in [0.717, 1.165) is 37.1 Å². The third-order valence-corrected chi connectivity index (χ3v) is 4.54. The summed E-state index contributed by atoms with van der Waals surface area (Å²) in [6.07, 6.45) is 4.85. The highest BCUT2D eigenvalue weighted by molar-refractivity contribution is 7.98. The molecule has 116 valence electrons. The van der Waals surface area contributed by atoms with Gasteiger partial charge in [0.25, 0.3) is 0 Å². The lowest BCUT2D eigenvalue weighted by molar-refractivity contribution is -0.130. The van der Waals surface area contributed by atoms with Crippen LogP contribution in [0.15, 0.2) is 24.3 Å². The highest BCUT2D eigenvalue weighted by Gasteiger charge is 2.37. The Morgan fingerprint density at radius 3 is 2.62 bits per heavy atom. The molecule has 1 aliphatic rings. The van der Waals surface area contributed by atoms with Crippen molar-refractivity contribution in [1.29, 1.82) is 0 Å². The van der Waals surface area contributed by atoms with Crippen molar-refractivity contribution < 1.29 is 9.18 Å². The Labute approximate surface area is 130 Å². The molecule has 21 heavy (non-hydrogen) atoms. The maximum Gasteiger partial charge on any atom is 0.241 e. The number of nitrogens with zero attached hydrogens (tertiary/aromatic N) is 1. The average molecular weight is 310 g/mol. The first-order valence-electron chi connectivity index (χ1n) is 7.48. The van der Waals surface area contributed by atoms with Gasteiger partial charge >= 0.3 is 0 Å². The van der Waals surface area contributed by atoms with Gasteiger partial charge < -0.3 is 4.90 Å². The Balaban J connectivity index is 2.08. The van der Waals surface area contributed by atoms with E-state index in [9.17, 15) is 9.18 Å². The van der Waals surface area contributed by atoms with Crippen molar-refractivity contribution in [3.05, 3.63) is 35.6 Å². The first-order valence-corrected chi connectivity index (χ1v) is 8.87. The number of thioether (sulfide) groups is 1. The largest absolute Gasteiger partial charge is 0.322 e. The number of hydrogen-bond acceptors (Lipinski definition) is 3. The van der Waals surface area contributed by atoms with Crippen molar-refractivity contribution in [2.75, 3.05) is 18.6 Å². The molecule has 0 spiro atoms. The number of carbonyl (C=O) groups excluding carboxylic acids is 1. The number of carbonyl (C=O) groups is 1. The van der Waals surface area contributed by atoms with Crippen LogP contribution in [0, 0.1) is 5.82 Å². The molecule has 0 bridgehead atoms. The summed E-state index contributed by atoms with van der Waals surface area (Å²) < 4.78 is 13.1. The maximum atomic E-state index is 13.1. The van der Waals surface area contributed by atoms with E-state index in [-0.39, 0.29) is 23.9 Å². The van der Waals surface area contributed by atoms with Gasteiger partial charge in [-0.05, 0) is 49.0 Å². The lowest BCUT2D eigenvalue weighted by Gasteiger charge is -2.24. The number of hydrogen-bond donors (Lipinski definition) is 1. The monoisotopic (exact) mass is 310 g/mol. The topological polar surface area (TPSA) is 32.3 Å². The summed E-state index contributed by atoms with van der Waals surface area (Å²) in [5, 5.41) is 3.37. The van der Waals surface area contributed by atoms with Crippen LogP contribution >= 0.6 is 11.8 Å². The fourth-order valence-corrected chi connectivity index (χ4v) is 3.15. The van der Waals surface area contributed by atoms with Crippen molar-refractivity contribution >= 4 is 17.7 Å². The van der Waals surface area contributed by atoms with Crippen LogP contribution < -0.4 is 5.32 Å². The summed E-state index contributed by atoms with van der Waals surface area (Å²) in [4.78, 5) is 14.3. The van der Waals surface area contributed by atoms with Crippen molar-refractivity contribution in [2.24, 2.45) is 0 Å². The van der Waals surface area contributed by atoms with Crippen molar-refractivity contribution in [1.82, 2.24) is 10.2 Å². The summed E-state index contributed by atoms with van der Waals surface area (Å²) in [5.74, 6) is 1.03. The van der Waals surface area contributed by atoms with E-state index in [2.05, 4.69) is 11.6 Å². The molecule has 0 saturated carbocycles. The molecule has 5 heteroatoms. The van der Waals surface area contributed by atoms with E-state index in [1.54, 1.807) is 12.1 Å². The molecule has 1 aromatic carbocycles.